The fraction of sp³-hybridized carbons (Fsp3) is 0.304. The van der Waals surface area contributed by atoms with E-state index in [0.717, 1.165) is 6.26 Å². The number of aliphatic hydroxyl groups is 2. The lowest BCUT2D eigenvalue weighted by Crippen LogP contribution is -2.34. The minimum Gasteiger partial charge on any atom is -0.488 e. The molecule has 0 aliphatic heterocycles. The highest BCUT2D eigenvalue weighted by atomic mass is 32.2. The lowest BCUT2D eigenvalue weighted by Gasteiger charge is -2.14. The second-order valence-electron chi connectivity index (χ2n) is 7.81. The first-order chi connectivity index (χ1) is 16.6. The van der Waals surface area contributed by atoms with Gasteiger partial charge in [0, 0.05) is 30.1 Å². The number of aromatic nitrogens is 2. The van der Waals surface area contributed by atoms with Crippen LogP contribution >= 0.6 is 0 Å². The molecular weight excluding hydrogens is 481 g/mol. The molecule has 3 rings (SSSR count). The molecule has 1 aromatic carbocycles. The van der Waals surface area contributed by atoms with Crippen molar-refractivity contribution in [1.82, 2.24) is 15.3 Å². The summed E-state index contributed by atoms with van der Waals surface area (Å²) >= 11 is 0. The molecule has 2 atom stereocenters. The maximum atomic E-state index is 13.0. The summed E-state index contributed by atoms with van der Waals surface area (Å²) in [6.45, 7) is 0.274. The highest BCUT2D eigenvalue weighted by Gasteiger charge is 2.15. The van der Waals surface area contributed by atoms with Crippen LogP contribution in [0.5, 0.6) is 17.2 Å². The van der Waals surface area contributed by atoms with Gasteiger partial charge in [-0.1, -0.05) is 0 Å². The Morgan fingerprint density at radius 1 is 1.17 bits per heavy atom. The average Bonchev–Trinajstić information content (AvgIpc) is 3.32. The van der Waals surface area contributed by atoms with Crippen molar-refractivity contribution < 1.29 is 37.3 Å². The molecule has 0 saturated heterocycles. The molecule has 0 aliphatic carbocycles. The molecule has 0 radical (unpaired) electrons. The molecule has 0 saturated carbocycles. The van der Waals surface area contributed by atoms with Gasteiger partial charge >= 0.3 is 0 Å². The Bertz CT molecular complexity index is 1260. The predicted molar refractivity (Wildman–Crippen MR) is 125 cm³/mol. The molecule has 35 heavy (non-hydrogen) atoms. The van der Waals surface area contributed by atoms with Crippen LogP contribution in [0, 0.1) is 0 Å². The van der Waals surface area contributed by atoms with Gasteiger partial charge in [0.2, 0.25) is 0 Å². The fourth-order valence-corrected chi connectivity index (χ4v) is 3.53. The summed E-state index contributed by atoms with van der Waals surface area (Å²) in [6.07, 6.45) is 0.539. The van der Waals surface area contributed by atoms with Crippen molar-refractivity contribution >= 4 is 15.7 Å². The largest absolute Gasteiger partial charge is 0.488 e. The number of pyridine rings is 1. The topological polar surface area (TPSA) is 151 Å². The number of halogens is 1. The number of aliphatic hydroxyl groups excluding tert-OH is 2. The lowest BCUT2D eigenvalue weighted by atomic mass is 10.1. The van der Waals surface area contributed by atoms with Crippen LogP contribution in [0.25, 0.3) is 11.3 Å². The molecule has 10 nitrogen and oxygen atoms in total. The Labute approximate surface area is 201 Å². The van der Waals surface area contributed by atoms with Gasteiger partial charge in [-0.05, 0) is 43.3 Å². The third-order valence-corrected chi connectivity index (χ3v) is 5.71. The van der Waals surface area contributed by atoms with Crippen LogP contribution in [0.3, 0.4) is 0 Å². The van der Waals surface area contributed by atoms with Crippen molar-refractivity contribution in [3.63, 3.8) is 0 Å². The Hall–Kier alpha value is -3.48. The maximum Gasteiger partial charge on any atom is 0.267 e. The third kappa shape index (κ3) is 7.25. The number of nitrogens with one attached hydrogen (secondary N) is 2. The third-order valence-electron chi connectivity index (χ3n) is 4.71. The first-order valence-corrected chi connectivity index (χ1v) is 12.5. The number of hydrogen-bond acceptors (Lipinski definition) is 8. The van der Waals surface area contributed by atoms with E-state index >= 15 is 0 Å². The number of sulfone groups is 1. The summed E-state index contributed by atoms with van der Waals surface area (Å²) in [4.78, 5) is 19.1. The molecule has 0 bridgehead atoms. The van der Waals surface area contributed by atoms with Gasteiger partial charge in [0.15, 0.2) is 14.9 Å². The molecule has 0 unspecified atom stereocenters. The summed E-state index contributed by atoms with van der Waals surface area (Å²) in [5, 5.41) is 20.7. The van der Waals surface area contributed by atoms with Gasteiger partial charge in [0.05, 0.1) is 18.9 Å². The van der Waals surface area contributed by atoms with E-state index in [0.29, 0.717) is 22.8 Å². The molecule has 0 spiro atoms. The lowest BCUT2D eigenvalue weighted by molar-refractivity contribution is 0.0799. The first-order valence-electron chi connectivity index (χ1n) is 10.6. The summed E-state index contributed by atoms with van der Waals surface area (Å²) in [5.41, 5.74) is 1.32. The van der Waals surface area contributed by atoms with Crippen molar-refractivity contribution in [1.29, 1.82) is 0 Å². The number of benzene rings is 1. The molecule has 4 N–H and O–H groups in total. The summed E-state index contributed by atoms with van der Waals surface area (Å²) < 4.78 is 47.7. The standard InChI is InChI=1S/C23H26FN3O7S/c1-14(10-24)33-18-7-15(20-4-5-21(27-20)23(30)26-11-16(29)13-28)8-19(9-18)34-17-3-6-22(25-12-17)35(2,31)32/h3-9,12,14,16,27-29H,10-11,13H2,1-2H3,(H,26,30)/t14-,16-/m0/s1. The SMILES string of the molecule is C[C@@H](CF)Oc1cc(Oc2ccc(S(C)(=O)=O)nc2)cc(-c2ccc(C(=O)NC[C@H](O)CO)[nH]2)c1. The van der Waals surface area contributed by atoms with Crippen molar-refractivity contribution in [3.8, 4) is 28.5 Å². The number of alkyl halides is 1. The second-order valence-corrected chi connectivity index (χ2v) is 9.78. The molecule has 1 amide bonds. The Balaban J connectivity index is 1.87. The van der Waals surface area contributed by atoms with Gasteiger partial charge in [-0.25, -0.2) is 17.8 Å². The highest BCUT2D eigenvalue weighted by Crippen LogP contribution is 2.33. The van der Waals surface area contributed by atoms with Gasteiger partial charge in [-0.3, -0.25) is 4.79 Å². The van der Waals surface area contributed by atoms with Crippen LogP contribution in [0.1, 0.15) is 17.4 Å². The zero-order valence-corrected chi connectivity index (χ0v) is 19.9. The molecule has 188 valence electrons. The van der Waals surface area contributed by atoms with E-state index in [1.165, 1.54) is 18.3 Å². The minimum absolute atomic E-state index is 0.0944. The van der Waals surface area contributed by atoms with E-state index in [-0.39, 0.29) is 23.0 Å². The molecule has 3 aromatic rings. The smallest absolute Gasteiger partial charge is 0.267 e. The number of H-pyrrole nitrogens is 1. The molecule has 2 heterocycles. The first kappa shape index (κ1) is 26.1. The number of ether oxygens (including phenoxy) is 2. The summed E-state index contributed by atoms with van der Waals surface area (Å²) in [5.74, 6) is 0.419. The average molecular weight is 508 g/mol. The minimum atomic E-state index is -3.46. The Kier molecular flexibility index (Phi) is 8.43. The maximum absolute atomic E-state index is 13.0. The summed E-state index contributed by atoms with van der Waals surface area (Å²) in [7, 11) is -3.46. The van der Waals surface area contributed by atoms with Crippen LogP contribution in [0.2, 0.25) is 0 Å². The molecular formula is C23H26FN3O7S. The van der Waals surface area contributed by atoms with Crippen molar-refractivity contribution in [2.75, 3.05) is 26.1 Å². The van der Waals surface area contributed by atoms with E-state index in [9.17, 15) is 22.7 Å². The van der Waals surface area contributed by atoms with Gasteiger partial charge in [-0.15, -0.1) is 0 Å². The van der Waals surface area contributed by atoms with Gasteiger partial charge in [0.1, 0.15) is 35.7 Å². The van der Waals surface area contributed by atoms with E-state index in [4.69, 9.17) is 14.6 Å². The molecule has 2 aromatic heterocycles. The number of nitrogens with zero attached hydrogens (tertiary/aromatic N) is 1. The summed E-state index contributed by atoms with van der Waals surface area (Å²) in [6, 6.07) is 10.8. The van der Waals surface area contributed by atoms with Gasteiger partial charge < -0.3 is 30.0 Å². The Morgan fingerprint density at radius 2 is 1.91 bits per heavy atom. The second kappa shape index (κ2) is 11.3. The number of rotatable bonds is 11. The van der Waals surface area contributed by atoms with Gasteiger partial charge in [-0.2, -0.15) is 0 Å². The van der Waals surface area contributed by atoms with Crippen molar-refractivity contribution in [3.05, 3.63) is 54.4 Å². The fourth-order valence-electron chi connectivity index (χ4n) is 2.97. The van der Waals surface area contributed by atoms with Gasteiger partial charge in [0.25, 0.3) is 5.91 Å². The predicted octanol–water partition coefficient (Wildman–Crippen LogP) is 2.09. The monoisotopic (exact) mass is 507 g/mol. The molecule has 0 fully saturated rings. The zero-order valence-electron chi connectivity index (χ0n) is 19.1. The van der Waals surface area contributed by atoms with E-state index < -0.39 is 41.2 Å². The van der Waals surface area contributed by atoms with Crippen LogP contribution in [0.15, 0.2) is 53.7 Å². The van der Waals surface area contributed by atoms with E-state index in [2.05, 4.69) is 15.3 Å². The number of aromatic amines is 1. The van der Waals surface area contributed by atoms with E-state index in [1.54, 1.807) is 37.3 Å². The Morgan fingerprint density at radius 3 is 2.54 bits per heavy atom. The van der Waals surface area contributed by atoms with Crippen LogP contribution in [-0.2, 0) is 9.84 Å². The number of carbonyl (C=O) groups excluding carboxylic acids is 1. The van der Waals surface area contributed by atoms with Crippen molar-refractivity contribution in [2.45, 2.75) is 24.2 Å². The number of carbonyl (C=O) groups is 1. The highest BCUT2D eigenvalue weighted by molar-refractivity contribution is 7.90. The number of hydrogen-bond donors (Lipinski definition) is 4. The normalized spacial score (nSPS) is 13.2. The van der Waals surface area contributed by atoms with Crippen LogP contribution in [0.4, 0.5) is 4.39 Å². The van der Waals surface area contributed by atoms with E-state index in [1.807, 2.05) is 0 Å². The van der Waals surface area contributed by atoms with Crippen LogP contribution < -0.4 is 14.8 Å². The molecule has 0 aliphatic rings. The van der Waals surface area contributed by atoms with Crippen molar-refractivity contribution in [2.24, 2.45) is 0 Å². The number of amides is 1. The zero-order chi connectivity index (χ0) is 25.6. The molecule has 12 heteroatoms. The van der Waals surface area contributed by atoms with Crippen LogP contribution in [-0.4, -0.2) is 72.8 Å². The quantitative estimate of drug-likeness (QED) is 0.308.